The molecule has 2 atom stereocenters. The molecule has 3 rings (SSSR count). The molecule has 1 aromatic carbocycles. The fraction of sp³-hybridized carbons (Fsp3) is 0.667. The lowest BCUT2D eigenvalue weighted by Gasteiger charge is -2.42. The molecule has 1 heterocycles. The molecular weight excluding hydrogens is 336 g/mol. The van der Waals surface area contributed by atoms with Crippen molar-refractivity contribution < 1.29 is 14.6 Å². The molecule has 3 nitrogen and oxygen atoms in total. The van der Waals surface area contributed by atoms with E-state index >= 15 is 0 Å². The van der Waals surface area contributed by atoms with Crippen LogP contribution in [0.2, 0.25) is 0 Å². The second-order valence-electron chi connectivity index (χ2n) is 9.00. The fourth-order valence-electron chi connectivity index (χ4n) is 4.84. The van der Waals surface area contributed by atoms with E-state index < -0.39 is 0 Å². The third-order valence-corrected chi connectivity index (χ3v) is 6.66. The van der Waals surface area contributed by atoms with E-state index in [1.165, 1.54) is 5.57 Å². The Bertz CT molecular complexity index is 683. The number of hydrogen-bond acceptors (Lipinski definition) is 3. The average Bonchev–Trinajstić information content (AvgIpc) is 2.63. The Hall–Kier alpha value is -1.48. The van der Waals surface area contributed by atoms with Crippen molar-refractivity contribution in [3.8, 4) is 11.5 Å². The zero-order valence-corrected chi connectivity index (χ0v) is 17.7. The van der Waals surface area contributed by atoms with Crippen LogP contribution in [-0.4, -0.2) is 24.4 Å². The average molecular weight is 373 g/mol. The number of methoxy groups -OCH3 is 1. The van der Waals surface area contributed by atoms with Crippen LogP contribution in [0, 0.1) is 24.7 Å². The summed E-state index contributed by atoms with van der Waals surface area (Å²) in [7, 11) is 1.81. The van der Waals surface area contributed by atoms with Gasteiger partial charge < -0.3 is 14.6 Å². The summed E-state index contributed by atoms with van der Waals surface area (Å²) in [6.45, 7) is 13.2. The first-order valence-electron chi connectivity index (χ1n) is 10.6. The normalized spacial score (nSPS) is 28.1. The van der Waals surface area contributed by atoms with Crippen LogP contribution in [0.15, 0.2) is 12.6 Å². The molecule has 2 aliphatic rings. The zero-order chi connectivity index (χ0) is 19.7. The van der Waals surface area contributed by atoms with Crippen molar-refractivity contribution in [3.05, 3.63) is 29.3 Å². The quantitative estimate of drug-likeness (QED) is 0.699. The van der Waals surface area contributed by atoms with Gasteiger partial charge in [-0.3, -0.25) is 0 Å². The molecule has 150 valence electrons. The van der Waals surface area contributed by atoms with Gasteiger partial charge in [0.1, 0.15) is 17.6 Å². The molecule has 1 saturated carbocycles. The molecule has 27 heavy (non-hydrogen) atoms. The standard InChI is InChI=1S/C24H36O3/c1-14(2)7-12-20-21(25)13-15(3)22-16(4)17(5)23(27-24(20)22)18-8-10-19(26-6)11-9-18/h13-14,17-19,23,25H,4,7-12H2,1-3,5-6H3. The van der Waals surface area contributed by atoms with E-state index in [-0.39, 0.29) is 6.10 Å². The molecular formula is C24H36O3. The Morgan fingerprint density at radius 2 is 1.93 bits per heavy atom. The van der Waals surface area contributed by atoms with Crippen molar-refractivity contribution in [1.82, 2.24) is 0 Å². The molecule has 1 fully saturated rings. The van der Waals surface area contributed by atoms with Crippen LogP contribution in [-0.2, 0) is 11.2 Å². The van der Waals surface area contributed by atoms with E-state index in [1.54, 1.807) is 0 Å². The first kappa shape index (κ1) is 20.3. The smallest absolute Gasteiger partial charge is 0.134 e. The number of fused-ring (bicyclic) bond motifs is 1. The Labute approximate surface area is 164 Å². The minimum atomic E-state index is 0.141. The van der Waals surface area contributed by atoms with Crippen molar-refractivity contribution in [2.75, 3.05) is 7.11 Å². The number of phenolic OH excluding ortho intramolecular Hbond substituents is 1. The maximum atomic E-state index is 10.6. The molecule has 0 saturated heterocycles. The van der Waals surface area contributed by atoms with Crippen LogP contribution in [0.4, 0.5) is 0 Å². The Morgan fingerprint density at radius 3 is 2.52 bits per heavy atom. The van der Waals surface area contributed by atoms with E-state index in [1.807, 2.05) is 13.2 Å². The van der Waals surface area contributed by atoms with Gasteiger partial charge in [0, 0.05) is 24.2 Å². The van der Waals surface area contributed by atoms with Crippen molar-refractivity contribution in [3.63, 3.8) is 0 Å². The summed E-state index contributed by atoms with van der Waals surface area (Å²) in [4.78, 5) is 0. The van der Waals surface area contributed by atoms with Crippen LogP contribution in [0.3, 0.4) is 0 Å². The van der Waals surface area contributed by atoms with Gasteiger partial charge in [-0.25, -0.2) is 0 Å². The van der Waals surface area contributed by atoms with Gasteiger partial charge in [0.15, 0.2) is 0 Å². The van der Waals surface area contributed by atoms with Gasteiger partial charge in [-0.05, 0) is 74.5 Å². The highest BCUT2D eigenvalue weighted by atomic mass is 16.5. The fourth-order valence-corrected chi connectivity index (χ4v) is 4.84. The van der Waals surface area contributed by atoms with Crippen molar-refractivity contribution in [2.45, 2.75) is 78.4 Å². The molecule has 0 spiro atoms. The number of ether oxygens (including phenoxy) is 2. The summed E-state index contributed by atoms with van der Waals surface area (Å²) in [5.41, 5.74) is 4.32. The van der Waals surface area contributed by atoms with Crippen LogP contribution >= 0.6 is 0 Å². The lowest BCUT2D eigenvalue weighted by molar-refractivity contribution is 0.0152. The molecule has 0 bridgehead atoms. The maximum absolute atomic E-state index is 10.6. The minimum absolute atomic E-state index is 0.141. The van der Waals surface area contributed by atoms with Gasteiger partial charge in [-0.15, -0.1) is 0 Å². The first-order chi connectivity index (χ1) is 12.8. The summed E-state index contributed by atoms with van der Waals surface area (Å²) in [6.07, 6.45) is 6.89. The zero-order valence-electron chi connectivity index (χ0n) is 17.7. The van der Waals surface area contributed by atoms with Crippen molar-refractivity contribution >= 4 is 5.57 Å². The molecule has 1 aliphatic heterocycles. The molecule has 1 aliphatic carbocycles. The number of hydrogen-bond donors (Lipinski definition) is 1. The number of benzene rings is 1. The van der Waals surface area contributed by atoms with E-state index in [0.717, 1.165) is 61.0 Å². The highest BCUT2D eigenvalue weighted by Gasteiger charge is 2.39. The van der Waals surface area contributed by atoms with Gasteiger partial charge in [-0.2, -0.15) is 0 Å². The lowest BCUT2D eigenvalue weighted by Crippen LogP contribution is -2.40. The minimum Gasteiger partial charge on any atom is -0.508 e. The van der Waals surface area contributed by atoms with Gasteiger partial charge in [0.2, 0.25) is 0 Å². The molecule has 0 amide bonds. The number of rotatable bonds is 5. The van der Waals surface area contributed by atoms with Crippen LogP contribution < -0.4 is 4.74 Å². The summed E-state index contributed by atoms with van der Waals surface area (Å²) < 4.78 is 12.2. The maximum Gasteiger partial charge on any atom is 0.134 e. The molecule has 3 heteroatoms. The molecule has 0 radical (unpaired) electrons. The largest absolute Gasteiger partial charge is 0.508 e. The summed E-state index contributed by atoms with van der Waals surface area (Å²) in [5.74, 6) is 2.68. The monoisotopic (exact) mass is 372 g/mol. The molecule has 1 aromatic rings. The molecule has 0 aromatic heterocycles. The van der Waals surface area contributed by atoms with Gasteiger partial charge in [0.25, 0.3) is 0 Å². The number of aryl methyl sites for hydroxylation is 1. The third kappa shape index (κ3) is 4.03. The Balaban J connectivity index is 1.92. The summed E-state index contributed by atoms with van der Waals surface area (Å²) in [6, 6.07) is 1.89. The highest BCUT2D eigenvalue weighted by Crippen LogP contribution is 2.49. The Kier molecular flexibility index (Phi) is 6.20. The van der Waals surface area contributed by atoms with Crippen LogP contribution in [0.5, 0.6) is 11.5 Å². The van der Waals surface area contributed by atoms with E-state index in [9.17, 15) is 5.11 Å². The molecule has 1 N–H and O–H groups in total. The van der Waals surface area contributed by atoms with Gasteiger partial charge >= 0.3 is 0 Å². The summed E-state index contributed by atoms with van der Waals surface area (Å²) >= 11 is 0. The predicted molar refractivity (Wildman–Crippen MR) is 111 cm³/mol. The predicted octanol–water partition coefficient (Wildman–Crippen LogP) is 5.90. The second-order valence-corrected chi connectivity index (χ2v) is 9.00. The third-order valence-electron chi connectivity index (χ3n) is 6.66. The van der Waals surface area contributed by atoms with Crippen molar-refractivity contribution in [1.29, 1.82) is 0 Å². The van der Waals surface area contributed by atoms with E-state index in [0.29, 0.717) is 29.6 Å². The Morgan fingerprint density at radius 1 is 1.26 bits per heavy atom. The second kappa shape index (κ2) is 8.26. The topological polar surface area (TPSA) is 38.7 Å². The lowest BCUT2D eigenvalue weighted by atomic mass is 9.74. The summed E-state index contributed by atoms with van der Waals surface area (Å²) in [5, 5.41) is 10.6. The first-order valence-corrected chi connectivity index (χ1v) is 10.6. The number of phenols is 1. The van der Waals surface area contributed by atoms with Gasteiger partial charge in [-0.1, -0.05) is 27.4 Å². The van der Waals surface area contributed by atoms with Gasteiger partial charge in [0.05, 0.1) is 6.10 Å². The van der Waals surface area contributed by atoms with E-state index in [2.05, 4.69) is 34.3 Å². The van der Waals surface area contributed by atoms with Crippen LogP contribution in [0.25, 0.3) is 5.57 Å². The highest BCUT2D eigenvalue weighted by molar-refractivity contribution is 5.77. The van der Waals surface area contributed by atoms with Crippen LogP contribution in [0.1, 0.15) is 69.6 Å². The van der Waals surface area contributed by atoms with E-state index in [4.69, 9.17) is 9.47 Å². The number of aromatic hydroxyl groups is 1. The molecule has 2 unspecified atom stereocenters. The van der Waals surface area contributed by atoms with Crippen molar-refractivity contribution in [2.24, 2.45) is 17.8 Å². The SMILES string of the molecule is C=C1c2c(C)cc(O)c(CCC(C)C)c2OC(C2CCC(OC)CC2)C1C.